The van der Waals surface area contributed by atoms with Crippen LogP contribution in [0.2, 0.25) is 0 Å². The van der Waals surface area contributed by atoms with E-state index in [4.69, 9.17) is 9.84 Å². The van der Waals surface area contributed by atoms with Crippen LogP contribution in [0.3, 0.4) is 0 Å². The molecule has 1 atom stereocenters. The lowest BCUT2D eigenvalue weighted by atomic mass is 10.1. The first-order valence-corrected chi connectivity index (χ1v) is 6.22. The Balaban J connectivity index is 2.78. The van der Waals surface area contributed by atoms with Crippen LogP contribution in [0.1, 0.15) is 29.3 Å². The van der Waals surface area contributed by atoms with Gasteiger partial charge >= 0.3 is 5.97 Å². The van der Waals surface area contributed by atoms with Crippen LogP contribution in [0.25, 0.3) is 6.08 Å². The van der Waals surface area contributed by atoms with Crippen molar-refractivity contribution in [3.63, 3.8) is 0 Å². The molecule has 6 heteroatoms. The summed E-state index contributed by atoms with van der Waals surface area (Å²) in [5.74, 6) is -1.31. The maximum Gasteiger partial charge on any atom is 0.328 e. The van der Waals surface area contributed by atoms with Crippen LogP contribution >= 0.6 is 0 Å². The van der Waals surface area contributed by atoms with Crippen LogP contribution in [-0.4, -0.2) is 41.7 Å². The number of pyridine rings is 1. The number of carbonyl (C=O) groups is 2. The summed E-state index contributed by atoms with van der Waals surface area (Å²) in [4.78, 5) is 26.4. The third-order valence-corrected chi connectivity index (χ3v) is 2.64. The predicted octanol–water partition coefficient (Wildman–Crippen LogP) is 1.33. The van der Waals surface area contributed by atoms with Crippen LogP contribution in [-0.2, 0) is 9.53 Å². The lowest BCUT2D eigenvalue weighted by molar-refractivity contribution is -0.131. The van der Waals surface area contributed by atoms with E-state index in [1.807, 2.05) is 6.92 Å². The second-order valence-corrected chi connectivity index (χ2v) is 4.21. The van der Waals surface area contributed by atoms with Crippen LogP contribution in [0.4, 0.5) is 0 Å². The maximum atomic E-state index is 12.0. The zero-order valence-electron chi connectivity index (χ0n) is 11.5. The summed E-state index contributed by atoms with van der Waals surface area (Å²) >= 11 is 0. The normalized spacial score (nSPS) is 12.3. The van der Waals surface area contributed by atoms with Gasteiger partial charge in [0, 0.05) is 25.6 Å². The Morgan fingerprint density at radius 2 is 2.25 bits per heavy atom. The summed E-state index contributed by atoms with van der Waals surface area (Å²) in [7, 11) is 1.58. The van der Waals surface area contributed by atoms with Gasteiger partial charge in [-0.2, -0.15) is 0 Å². The molecule has 2 N–H and O–H groups in total. The first-order valence-electron chi connectivity index (χ1n) is 6.22. The molecule has 0 aromatic carbocycles. The van der Waals surface area contributed by atoms with Crippen molar-refractivity contribution in [1.29, 1.82) is 0 Å². The van der Waals surface area contributed by atoms with Gasteiger partial charge < -0.3 is 15.2 Å². The predicted molar refractivity (Wildman–Crippen MR) is 74.3 cm³/mol. The van der Waals surface area contributed by atoms with Crippen LogP contribution in [0.5, 0.6) is 0 Å². The number of methoxy groups -OCH3 is 1. The van der Waals surface area contributed by atoms with E-state index in [0.717, 1.165) is 12.5 Å². The third kappa shape index (κ3) is 5.19. The first-order chi connectivity index (χ1) is 9.56. The quantitative estimate of drug-likeness (QED) is 0.735. The van der Waals surface area contributed by atoms with Gasteiger partial charge in [-0.05, 0) is 24.1 Å². The van der Waals surface area contributed by atoms with Crippen molar-refractivity contribution < 1.29 is 19.4 Å². The Bertz CT molecular complexity index is 500. The molecule has 0 saturated heterocycles. The molecule has 1 aromatic heterocycles. The van der Waals surface area contributed by atoms with E-state index < -0.39 is 5.97 Å². The fraction of sp³-hybridized carbons (Fsp3) is 0.357. The third-order valence-electron chi connectivity index (χ3n) is 2.64. The van der Waals surface area contributed by atoms with Crippen molar-refractivity contribution in [2.24, 2.45) is 0 Å². The summed E-state index contributed by atoms with van der Waals surface area (Å²) in [5.41, 5.74) is 0.937. The van der Waals surface area contributed by atoms with Gasteiger partial charge in [-0.1, -0.05) is 6.92 Å². The second kappa shape index (κ2) is 8.06. The van der Waals surface area contributed by atoms with E-state index in [0.29, 0.717) is 17.7 Å². The molecule has 1 amide bonds. The highest BCUT2D eigenvalue weighted by Gasteiger charge is 2.12. The monoisotopic (exact) mass is 278 g/mol. The van der Waals surface area contributed by atoms with Crippen molar-refractivity contribution in [2.45, 2.75) is 19.4 Å². The van der Waals surface area contributed by atoms with Gasteiger partial charge in [0.15, 0.2) is 0 Å². The Labute approximate surface area is 117 Å². The number of hydrogen-bond donors (Lipinski definition) is 2. The van der Waals surface area contributed by atoms with Crippen molar-refractivity contribution in [3.05, 3.63) is 35.7 Å². The van der Waals surface area contributed by atoms with Gasteiger partial charge in [0.25, 0.3) is 5.91 Å². The zero-order valence-corrected chi connectivity index (χ0v) is 11.5. The number of aliphatic carboxylic acids is 1. The van der Waals surface area contributed by atoms with Gasteiger partial charge in [-0.15, -0.1) is 0 Å². The highest BCUT2D eigenvalue weighted by atomic mass is 16.5. The summed E-state index contributed by atoms with van der Waals surface area (Å²) in [6.07, 6.45) is 6.07. The number of carbonyl (C=O) groups excluding carboxylic acids is 1. The number of amides is 1. The van der Waals surface area contributed by atoms with Crippen molar-refractivity contribution in [3.8, 4) is 0 Å². The number of carboxylic acids is 1. The minimum absolute atomic E-state index is 0.0642. The summed E-state index contributed by atoms with van der Waals surface area (Å²) in [6, 6.07) is 1.52. The molecule has 0 fully saturated rings. The van der Waals surface area contributed by atoms with Crippen LogP contribution in [0.15, 0.2) is 24.5 Å². The van der Waals surface area contributed by atoms with E-state index in [-0.39, 0.29) is 11.9 Å². The number of aromatic nitrogens is 1. The highest BCUT2D eigenvalue weighted by molar-refractivity contribution is 5.95. The number of ether oxygens (including phenoxy) is 1. The molecule has 0 saturated carbocycles. The van der Waals surface area contributed by atoms with Gasteiger partial charge in [-0.3, -0.25) is 9.78 Å². The van der Waals surface area contributed by atoms with Crippen LogP contribution < -0.4 is 5.32 Å². The number of carboxylic acid groups (broad SMARTS) is 1. The Hall–Kier alpha value is -2.21. The maximum absolute atomic E-state index is 12.0. The molecule has 0 aliphatic heterocycles. The minimum Gasteiger partial charge on any atom is -0.478 e. The van der Waals surface area contributed by atoms with E-state index >= 15 is 0 Å². The summed E-state index contributed by atoms with van der Waals surface area (Å²) in [5, 5.41) is 11.4. The molecule has 1 unspecified atom stereocenters. The van der Waals surface area contributed by atoms with E-state index in [1.165, 1.54) is 18.5 Å². The van der Waals surface area contributed by atoms with Crippen molar-refractivity contribution in [2.75, 3.05) is 13.7 Å². The standard InChI is InChI=1S/C14H18N2O4/c1-3-12(9-20-2)16-14(19)11-6-10(7-15-8-11)4-5-13(17)18/h4-8,12H,3,9H2,1-2H3,(H,16,19)(H,17,18). The molecule has 6 nitrogen and oxygen atoms in total. The fourth-order valence-corrected chi connectivity index (χ4v) is 1.57. The van der Waals surface area contributed by atoms with Gasteiger partial charge in [-0.25, -0.2) is 4.79 Å². The lowest BCUT2D eigenvalue weighted by Crippen LogP contribution is -2.37. The topological polar surface area (TPSA) is 88.5 Å². The Kier molecular flexibility index (Phi) is 6.39. The zero-order chi connectivity index (χ0) is 15.0. The molecule has 1 heterocycles. The molecule has 0 spiro atoms. The molecule has 0 aliphatic carbocycles. The van der Waals surface area contributed by atoms with Gasteiger partial charge in [0.1, 0.15) is 0 Å². The molecular weight excluding hydrogens is 260 g/mol. The number of rotatable bonds is 7. The molecule has 20 heavy (non-hydrogen) atoms. The van der Waals surface area contributed by atoms with E-state index in [2.05, 4.69) is 10.3 Å². The molecule has 0 radical (unpaired) electrons. The average molecular weight is 278 g/mol. The number of nitrogens with zero attached hydrogens (tertiary/aromatic N) is 1. The van der Waals surface area contributed by atoms with E-state index in [9.17, 15) is 9.59 Å². The minimum atomic E-state index is -1.05. The molecule has 108 valence electrons. The summed E-state index contributed by atoms with van der Waals surface area (Å²) in [6.45, 7) is 2.39. The number of nitrogens with one attached hydrogen (secondary N) is 1. The highest BCUT2D eigenvalue weighted by Crippen LogP contribution is 2.06. The lowest BCUT2D eigenvalue weighted by Gasteiger charge is -2.15. The smallest absolute Gasteiger partial charge is 0.328 e. The molecule has 1 rings (SSSR count). The van der Waals surface area contributed by atoms with Gasteiger partial charge in [0.05, 0.1) is 18.2 Å². The molecular formula is C14H18N2O4. The van der Waals surface area contributed by atoms with Crippen molar-refractivity contribution in [1.82, 2.24) is 10.3 Å². The van der Waals surface area contributed by atoms with Crippen LogP contribution in [0, 0.1) is 0 Å². The Morgan fingerprint density at radius 1 is 1.50 bits per heavy atom. The molecule has 0 bridgehead atoms. The number of hydrogen-bond acceptors (Lipinski definition) is 4. The first kappa shape index (κ1) is 15.8. The second-order valence-electron chi connectivity index (χ2n) is 4.21. The molecule has 0 aliphatic rings. The molecule has 1 aromatic rings. The van der Waals surface area contributed by atoms with Gasteiger partial charge in [0.2, 0.25) is 0 Å². The fourth-order valence-electron chi connectivity index (χ4n) is 1.57. The SMILES string of the molecule is CCC(COC)NC(=O)c1cncc(C=CC(=O)O)c1. The summed E-state index contributed by atoms with van der Waals surface area (Å²) < 4.78 is 5.01. The van der Waals surface area contributed by atoms with E-state index in [1.54, 1.807) is 13.2 Å². The Morgan fingerprint density at radius 3 is 2.85 bits per heavy atom. The van der Waals surface area contributed by atoms with Crippen molar-refractivity contribution >= 4 is 18.0 Å². The average Bonchev–Trinajstić information content (AvgIpc) is 2.44. The largest absolute Gasteiger partial charge is 0.478 e.